The molecule has 9 heteroatoms. The predicted molar refractivity (Wildman–Crippen MR) is 97.2 cm³/mol. The molecule has 146 valence electrons. The molecule has 2 aromatic carbocycles. The van der Waals surface area contributed by atoms with Crippen LogP contribution in [0.3, 0.4) is 0 Å². The quantitative estimate of drug-likeness (QED) is 0.778. The zero-order chi connectivity index (χ0) is 20.2. The molecule has 0 aliphatic heterocycles. The summed E-state index contributed by atoms with van der Waals surface area (Å²) in [6.07, 6.45) is 0. The van der Waals surface area contributed by atoms with E-state index in [1.54, 1.807) is 13.0 Å². The molecule has 1 amide bonds. The minimum absolute atomic E-state index is 0.0200. The molecule has 0 saturated carbocycles. The van der Waals surface area contributed by atoms with Gasteiger partial charge in [-0.25, -0.2) is 17.2 Å². The Balaban J connectivity index is 2.11. The number of nitrogens with one attached hydrogen (secondary N) is 1. The van der Waals surface area contributed by atoms with Gasteiger partial charge in [-0.15, -0.1) is 0 Å². The molecular weight excluding hydrogens is 378 g/mol. The average Bonchev–Trinajstić information content (AvgIpc) is 2.59. The first-order valence-corrected chi connectivity index (χ1v) is 9.54. The first-order valence-electron chi connectivity index (χ1n) is 8.10. The lowest BCUT2D eigenvalue weighted by molar-refractivity contribution is -0.116. The number of nitrogens with zero attached hydrogens (tertiary/aromatic N) is 1. The summed E-state index contributed by atoms with van der Waals surface area (Å²) >= 11 is 0. The van der Waals surface area contributed by atoms with Gasteiger partial charge in [0.1, 0.15) is 5.75 Å². The standard InChI is InChI=1S/C18H20F2N2O4S/c1-4-26-17-8-6-14(9-12(17)2)27(24,25)22(3)11-18(23)21-13-5-7-15(19)16(20)10-13/h5-10H,4,11H2,1-3H3,(H,21,23). The van der Waals surface area contributed by atoms with Crippen LogP contribution in [0.1, 0.15) is 12.5 Å². The van der Waals surface area contributed by atoms with Crippen molar-refractivity contribution in [3.63, 3.8) is 0 Å². The summed E-state index contributed by atoms with van der Waals surface area (Å²) in [5, 5.41) is 2.33. The Kier molecular flexibility index (Phi) is 6.50. The molecule has 27 heavy (non-hydrogen) atoms. The van der Waals surface area contributed by atoms with Gasteiger partial charge in [0.05, 0.1) is 18.0 Å². The van der Waals surface area contributed by atoms with Crippen LogP contribution in [0.4, 0.5) is 14.5 Å². The third-order valence-electron chi connectivity index (χ3n) is 3.72. The molecule has 0 saturated heterocycles. The summed E-state index contributed by atoms with van der Waals surface area (Å²) < 4.78 is 57.6. The molecule has 6 nitrogen and oxygen atoms in total. The largest absolute Gasteiger partial charge is 0.494 e. The Morgan fingerprint density at radius 3 is 2.44 bits per heavy atom. The molecule has 0 aliphatic carbocycles. The summed E-state index contributed by atoms with van der Waals surface area (Å²) in [6, 6.07) is 7.29. The number of benzene rings is 2. The van der Waals surface area contributed by atoms with E-state index in [-0.39, 0.29) is 10.6 Å². The summed E-state index contributed by atoms with van der Waals surface area (Å²) in [5.41, 5.74) is 0.680. The minimum atomic E-state index is -3.91. The van der Waals surface area contributed by atoms with Crippen molar-refractivity contribution in [3.05, 3.63) is 53.6 Å². The number of aryl methyl sites for hydroxylation is 1. The molecule has 0 atom stereocenters. The molecule has 0 fully saturated rings. The Morgan fingerprint density at radius 2 is 1.85 bits per heavy atom. The Hall–Kier alpha value is -2.52. The second-order valence-electron chi connectivity index (χ2n) is 5.80. The third kappa shape index (κ3) is 5.01. The van der Waals surface area contributed by atoms with E-state index in [9.17, 15) is 22.0 Å². The van der Waals surface area contributed by atoms with E-state index in [2.05, 4.69) is 5.32 Å². The average molecular weight is 398 g/mol. The fourth-order valence-corrected chi connectivity index (χ4v) is 3.55. The van der Waals surface area contributed by atoms with E-state index in [0.29, 0.717) is 17.9 Å². The molecular formula is C18H20F2N2O4S. The molecule has 1 N–H and O–H groups in total. The highest BCUT2D eigenvalue weighted by atomic mass is 32.2. The zero-order valence-electron chi connectivity index (χ0n) is 15.1. The van der Waals surface area contributed by atoms with E-state index >= 15 is 0 Å². The van der Waals surface area contributed by atoms with Gasteiger partial charge in [-0.3, -0.25) is 4.79 Å². The number of ether oxygens (including phenoxy) is 1. The van der Waals surface area contributed by atoms with Gasteiger partial charge >= 0.3 is 0 Å². The van der Waals surface area contributed by atoms with Crippen molar-refractivity contribution in [3.8, 4) is 5.75 Å². The highest BCUT2D eigenvalue weighted by molar-refractivity contribution is 7.89. The van der Waals surface area contributed by atoms with Gasteiger partial charge < -0.3 is 10.1 Å². The van der Waals surface area contributed by atoms with Gasteiger partial charge in [0.2, 0.25) is 15.9 Å². The summed E-state index contributed by atoms with van der Waals surface area (Å²) in [6.45, 7) is 3.51. The van der Waals surface area contributed by atoms with Crippen molar-refractivity contribution < 1.29 is 26.7 Å². The van der Waals surface area contributed by atoms with E-state index < -0.39 is 34.1 Å². The number of sulfonamides is 1. The zero-order valence-corrected chi connectivity index (χ0v) is 15.9. The van der Waals surface area contributed by atoms with Crippen LogP contribution in [0, 0.1) is 18.6 Å². The van der Waals surface area contributed by atoms with Crippen LogP contribution in [0.15, 0.2) is 41.3 Å². The molecule has 0 aromatic heterocycles. The molecule has 0 spiro atoms. The number of carbonyl (C=O) groups excluding carboxylic acids is 1. The lowest BCUT2D eigenvalue weighted by Crippen LogP contribution is -2.35. The van der Waals surface area contributed by atoms with Crippen molar-refractivity contribution in [1.29, 1.82) is 0 Å². The minimum Gasteiger partial charge on any atom is -0.494 e. The number of hydrogen-bond donors (Lipinski definition) is 1. The molecule has 0 heterocycles. The van der Waals surface area contributed by atoms with Crippen LogP contribution in [-0.4, -0.2) is 38.8 Å². The molecule has 0 bridgehead atoms. The van der Waals surface area contributed by atoms with Gasteiger partial charge in [0.25, 0.3) is 0 Å². The highest BCUT2D eigenvalue weighted by Gasteiger charge is 2.24. The second kappa shape index (κ2) is 8.45. The number of anilines is 1. The van der Waals surface area contributed by atoms with Gasteiger partial charge in [0.15, 0.2) is 11.6 Å². The van der Waals surface area contributed by atoms with Crippen molar-refractivity contribution in [2.75, 3.05) is 25.5 Å². The smallest absolute Gasteiger partial charge is 0.243 e. The van der Waals surface area contributed by atoms with Gasteiger partial charge in [0, 0.05) is 18.8 Å². The third-order valence-corrected chi connectivity index (χ3v) is 5.52. The SMILES string of the molecule is CCOc1ccc(S(=O)(=O)N(C)CC(=O)Nc2ccc(F)c(F)c2)cc1C. The number of carbonyl (C=O) groups is 1. The van der Waals surface area contributed by atoms with Gasteiger partial charge in [-0.2, -0.15) is 4.31 Å². The van der Waals surface area contributed by atoms with Crippen LogP contribution >= 0.6 is 0 Å². The highest BCUT2D eigenvalue weighted by Crippen LogP contribution is 2.23. The monoisotopic (exact) mass is 398 g/mol. The molecule has 2 aromatic rings. The Bertz CT molecular complexity index is 948. The lowest BCUT2D eigenvalue weighted by atomic mass is 10.2. The number of likely N-dealkylation sites (N-methyl/N-ethyl adjacent to an activating group) is 1. The van der Waals surface area contributed by atoms with Crippen molar-refractivity contribution in [1.82, 2.24) is 4.31 Å². The number of halogens is 2. The maximum atomic E-state index is 13.2. The number of rotatable bonds is 7. The normalized spacial score (nSPS) is 11.5. The van der Waals surface area contributed by atoms with Gasteiger partial charge in [-0.05, 0) is 49.7 Å². The van der Waals surface area contributed by atoms with E-state index in [4.69, 9.17) is 4.74 Å². The van der Waals surface area contributed by atoms with Crippen molar-refractivity contribution in [2.24, 2.45) is 0 Å². The topological polar surface area (TPSA) is 75.7 Å². The van der Waals surface area contributed by atoms with E-state index in [1.807, 2.05) is 6.92 Å². The van der Waals surface area contributed by atoms with Crippen LogP contribution in [0.2, 0.25) is 0 Å². The first-order chi connectivity index (χ1) is 12.6. The number of hydrogen-bond acceptors (Lipinski definition) is 4. The predicted octanol–water partition coefficient (Wildman–Crippen LogP) is 2.93. The second-order valence-corrected chi connectivity index (χ2v) is 7.84. The van der Waals surface area contributed by atoms with Crippen molar-refractivity contribution >= 4 is 21.6 Å². The Labute approximate surface area is 156 Å². The molecule has 0 unspecified atom stereocenters. The molecule has 0 aliphatic rings. The maximum Gasteiger partial charge on any atom is 0.243 e. The molecule has 0 radical (unpaired) electrons. The summed E-state index contributed by atoms with van der Waals surface area (Å²) in [7, 11) is -2.66. The van der Waals surface area contributed by atoms with Crippen LogP contribution < -0.4 is 10.1 Å². The summed E-state index contributed by atoms with van der Waals surface area (Å²) in [4.78, 5) is 12.1. The first kappa shape index (κ1) is 20.8. The van der Waals surface area contributed by atoms with Crippen LogP contribution in [0.25, 0.3) is 0 Å². The fourth-order valence-electron chi connectivity index (χ4n) is 2.34. The maximum absolute atomic E-state index is 13.2. The van der Waals surface area contributed by atoms with E-state index in [1.165, 1.54) is 25.2 Å². The Morgan fingerprint density at radius 1 is 1.15 bits per heavy atom. The lowest BCUT2D eigenvalue weighted by Gasteiger charge is -2.18. The van der Waals surface area contributed by atoms with Crippen LogP contribution in [-0.2, 0) is 14.8 Å². The van der Waals surface area contributed by atoms with Gasteiger partial charge in [-0.1, -0.05) is 0 Å². The van der Waals surface area contributed by atoms with Crippen LogP contribution in [0.5, 0.6) is 5.75 Å². The molecule has 2 rings (SSSR count). The fraction of sp³-hybridized carbons (Fsp3) is 0.278. The van der Waals surface area contributed by atoms with E-state index in [0.717, 1.165) is 16.4 Å². The van der Waals surface area contributed by atoms with Crippen molar-refractivity contribution in [2.45, 2.75) is 18.7 Å². The number of amides is 1. The summed E-state index contributed by atoms with van der Waals surface area (Å²) in [5.74, 6) is -2.26.